The highest BCUT2D eigenvalue weighted by atomic mass is 35.5. The topological polar surface area (TPSA) is 102 Å². The van der Waals surface area contributed by atoms with Crippen molar-refractivity contribution in [1.82, 2.24) is 10.3 Å². The summed E-state index contributed by atoms with van der Waals surface area (Å²) in [5.41, 5.74) is 12.0. The number of aliphatic imine (C=N–C) groups is 2. The van der Waals surface area contributed by atoms with Crippen LogP contribution >= 0.6 is 12.4 Å². The molecular weight excluding hydrogens is 288 g/mol. The first-order valence-electron chi connectivity index (χ1n) is 7.03. The Morgan fingerprint density at radius 3 is 2.67 bits per heavy atom. The SMILES string of the molecule is Cl.NC(N)=NC(=NCc1cccnc1)NC1CCCCC1. The van der Waals surface area contributed by atoms with Gasteiger partial charge < -0.3 is 16.8 Å². The maximum Gasteiger partial charge on any atom is 0.221 e. The molecule has 0 aliphatic heterocycles. The third-order valence-corrected chi connectivity index (χ3v) is 3.31. The minimum absolute atomic E-state index is 0. The summed E-state index contributed by atoms with van der Waals surface area (Å²) in [7, 11) is 0. The zero-order chi connectivity index (χ0) is 14.2. The summed E-state index contributed by atoms with van der Waals surface area (Å²) in [6.45, 7) is 0.514. The molecule has 5 N–H and O–H groups in total. The Bertz CT molecular complexity index is 464. The first-order chi connectivity index (χ1) is 9.74. The summed E-state index contributed by atoms with van der Waals surface area (Å²) in [6.07, 6.45) is 9.62. The largest absolute Gasteiger partial charge is 0.370 e. The van der Waals surface area contributed by atoms with Crippen LogP contribution < -0.4 is 16.8 Å². The fourth-order valence-corrected chi connectivity index (χ4v) is 2.32. The molecular formula is C14H23ClN6. The van der Waals surface area contributed by atoms with Crippen LogP contribution in [0.4, 0.5) is 0 Å². The maximum atomic E-state index is 5.46. The fourth-order valence-electron chi connectivity index (χ4n) is 2.32. The van der Waals surface area contributed by atoms with Crippen molar-refractivity contribution < 1.29 is 0 Å². The smallest absolute Gasteiger partial charge is 0.221 e. The van der Waals surface area contributed by atoms with E-state index in [0.717, 1.165) is 18.4 Å². The Balaban J connectivity index is 0.00000220. The number of aromatic nitrogens is 1. The van der Waals surface area contributed by atoms with E-state index in [2.05, 4.69) is 20.3 Å². The molecule has 0 atom stereocenters. The number of hydrogen-bond donors (Lipinski definition) is 3. The van der Waals surface area contributed by atoms with Gasteiger partial charge >= 0.3 is 0 Å². The van der Waals surface area contributed by atoms with Crippen molar-refractivity contribution in [2.75, 3.05) is 0 Å². The highest BCUT2D eigenvalue weighted by molar-refractivity contribution is 5.93. The van der Waals surface area contributed by atoms with Crippen LogP contribution in [-0.2, 0) is 6.54 Å². The molecule has 21 heavy (non-hydrogen) atoms. The molecule has 0 radical (unpaired) electrons. The minimum Gasteiger partial charge on any atom is -0.370 e. The van der Waals surface area contributed by atoms with Crippen LogP contribution in [0.3, 0.4) is 0 Å². The number of halogens is 1. The Labute approximate surface area is 131 Å². The Morgan fingerprint density at radius 1 is 1.29 bits per heavy atom. The molecule has 2 rings (SSSR count). The summed E-state index contributed by atoms with van der Waals surface area (Å²) in [6, 6.07) is 4.28. The normalized spacial score (nSPS) is 15.9. The zero-order valence-corrected chi connectivity index (χ0v) is 12.9. The van der Waals surface area contributed by atoms with E-state index in [1.165, 1.54) is 19.3 Å². The van der Waals surface area contributed by atoms with Gasteiger partial charge in [-0.3, -0.25) is 4.98 Å². The molecule has 1 saturated carbocycles. The van der Waals surface area contributed by atoms with Crippen LogP contribution in [0.2, 0.25) is 0 Å². The first kappa shape index (κ1) is 17.2. The van der Waals surface area contributed by atoms with Gasteiger partial charge in [0.05, 0.1) is 6.54 Å². The minimum atomic E-state index is 0. The van der Waals surface area contributed by atoms with Crippen molar-refractivity contribution in [2.45, 2.75) is 44.7 Å². The van der Waals surface area contributed by atoms with Crippen molar-refractivity contribution in [3.05, 3.63) is 30.1 Å². The van der Waals surface area contributed by atoms with E-state index in [1.807, 2.05) is 12.1 Å². The molecule has 0 amide bonds. The number of guanidine groups is 2. The molecule has 0 spiro atoms. The van der Waals surface area contributed by atoms with E-state index in [1.54, 1.807) is 12.4 Å². The molecule has 1 aromatic rings. The fraction of sp³-hybridized carbons (Fsp3) is 0.500. The summed E-state index contributed by atoms with van der Waals surface area (Å²) in [5, 5.41) is 3.34. The van der Waals surface area contributed by atoms with Gasteiger partial charge in [0.1, 0.15) is 0 Å². The lowest BCUT2D eigenvalue weighted by atomic mass is 9.96. The van der Waals surface area contributed by atoms with E-state index in [9.17, 15) is 0 Å². The number of nitrogens with zero attached hydrogens (tertiary/aromatic N) is 3. The predicted molar refractivity (Wildman–Crippen MR) is 88.4 cm³/mol. The second-order valence-corrected chi connectivity index (χ2v) is 5.02. The first-order valence-corrected chi connectivity index (χ1v) is 7.03. The van der Waals surface area contributed by atoms with Gasteiger partial charge in [0.2, 0.25) is 5.96 Å². The number of nitrogens with two attached hydrogens (primary N) is 2. The number of nitrogens with one attached hydrogen (secondary N) is 1. The van der Waals surface area contributed by atoms with Crippen molar-refractivity contribution in [2.24, 2.45) is 21.5 Å². The van der Waals surface area contributed by atoms with Crippen LogP contribution in [0.1, 0.15) is 37.7 Å². The summed E-state index contributed by atoms with van der Waals surface area (Å²) < 4.78 is 0. The van der Waals surface area contributed by atoms with E-state index in [0.29, 0.717) is 18.5 Å². The second-order valence-electron chi connectivity index (χ2n) is 5.02. The third kappa shape index (κ3) is 6.44. The van der Waals surface area contributed by atoms with Crippen LogP contribution in [0, 0.1) is 0 Å². The molecule has 0 saturated heterocycles. The molecule has 0 unspecified atom stereocenters. The second kappa shape index (κ2) is 9.18. The molecule has 7 heteroatoms. The monoisotopic (exact) mass is 310 g/mol. The Hall–Kier alpha value is -1.82. The zero-order valence-electron chi connectivity index (χ0n) is 12.0. The number of rotatable bonds is 3. The van der Waals surface area contributed by atoms with Gasteiger partial charge in [-0.15, -0.1) is 12.4 Å². The van der Waals surface area contributed by atoms with Gasteiger partial charge in [0.25, 0.3) is 0 Å². The maximum absolute atomic E-state index is 5.46. The molecule has 1 aliphatic rings. The van der Waals surface area contributed by atoms with Crippen molar-refractivity contribution in [3.63, 3.8) is 0 Å². The lowest BCUT2D eigenvalue weighted by molar-refractivity contribution is 0.412. The average molecular weight is 311 g/mol. The van der Waals surface area contributed by atoms with Crippen molar-refractivity contribution in [3.8, 4) is 0 Å². The number of hydrogen-bond acceptors (Lipinski definition) is 2. The molecule has 116 valence electrons. The molecule has 1 aromatic heterocycles. The summed E-state index contributed by atoms with van der Waals surface area (Å²) in [5.74, 6) is 0.541. The van der Waals surface area contributed by atoms with Crippen molar-refractivity contribution in [1.29, 1.82) is 0 Å². The van der Waals surface area contributed by atoms with Crippen LogP contribution in [-0.4, -0.2) is 22.9 Å². The highest BCUT2D eigenvalue weighted by Crippen LogP contribution is 2.17. The lowest BCUT2D eigenvalue weighted by Crippen LogP contribution is -2.37. The van der Waals surface area contributed by atoms with Gasteiger partial charge in [0.15, 0.2) is 5.96 Å². The average Bonchev–Trinajstić information content (AvgIpc) is 2.46. The molecule has 1 heterocycles. The van der Waals surface area contributed by atoms with Gasteiger partial charge in [-0.1, -0.05) is 25.3 Å². The summed E-state index contributed by atoms with van der Waals surface area (Å²) in [4.78, 5) is 12.6. The van der Waals surface area contributed by atoms with Crippen LogP contribution in [0.5, 0.6) is 0 Å². The van der Waals surface area contributed by atoms with Gasteiger partial charge in [-0.25, -0.2) is 4.99 Å². The standard InChI is InChI=1S/C14H22N6.ClH/c15-13(16)20-14(19-12-6-2-1-3-7-12)18-10-11-5-4-8-17-9-11;/h4-5,8-9,12H,1-3,6-7,10H2,(H5,15,16,18,19,20);1H. The predicted octanol–water partition coefficient (Wildman–Crippen LogP) is 1.56. The van der Waals surface area contributed by atoms with E-state index >= 15 is 0 Å². The van der Waals surface area contributed by atoms with Gasteiger partial charge in [-0.2, -0.15) is 4.99 Å². The van der Waals surface area contributed by atoms with E-state index in [-0.39, 0.29) is 18.4 Å². The third-order valence-electron chi connectivity index (χ3n) is 3.31. The molecule has 6 nitrogen and oxygen atoms in total. The molecule has 1 aliphatic carbocycles. The van der Waals surface area contributed by atoms with Gasteiger partial charge in [-0.05, 0) is 24.5 Å². The quantitative estimate of drug-likeness (QED) is 0.582. The molecule has 0 aromatic carbocycles. The molecule has 1 fully saturated rings. The number of pyridine rings is 1. The van der Waals surface area contributed by atoms with Crippen LogP contribution in [0.15, 0.2) is 34.5 Å². The van der Waals surface area contributed by atoms with Gasteiger partial charge in [0, 0.05) is 18.4 Å². The summed E-state index contributed by atoms with van der Waals surface area (Å²) >= 11 is 0. The van der Waals surface area contributed by atoms with Crippen LogP contribution in [0.25, 0.3) is 0 Å². The van der Waals surface area contributed by atoms with Crippen molar-refractivity contribution >= 4 is 24.3 Å². The molecule has 0 bridgehead atoms. The Kier molecular flexibility index (Phi) is 7.53. The Morgan fingerprint density at radius 2 is 2.05 bits per heavy atom. The highest BCUT2D eigenvalue weighted by Gasteiger charge is 2.14. The van der Waals surface area contributed by atoms with E-state index in [4.69, 9.17) is 11.5 Å². The van der Waals surface area contributed by atoms with E-state index < -0.39 is 0 Å². The lowest BCUT2D eigenvalue weighted by Gasteiger charge is -2.23.